The molecule has 0 saturated heterocycles. The Balaban J connectivity index is 2.41. The predicted octanol–water partition coefficient (Wildman–Crippen LogP) is 1.84. The van der Waals surface area contributed by atoms with Crippen LogP contribution in [0.2, 0.25) is 0 Å². The first-order valence-electron chi connectivity index (χ1n) is 6.83. The van der Waals surface area contributed by atoms with Gasteiger partial charge in [-0.1, -0.05) is 6.92 Å². The minimum Gasteiger partial charge on any atom is -0.303 e. The normalized spacial score (nSPS) is 14.1. The van der Waals surface area contributed by atoms with E-state index in [0.717, 1.165) is 32.5 Å². The number of likely N-dealkylation sites (N-methyl/N-ethyl adjacent to an activating group) is 1. The molecule has 1 N–H and O–H groups in total. The highest BCUT2D eigenvalue weighted by atomic mass is 15.1. The van der Waals surface area contributed by atoms with Crippen molar-refractivity contribution in [1.82, 2.24) is 15.2 Å². The monoisotopic (exact) mass is 260 g/mol. The molecular weight excluding hydrogens is 236 g/mol. The summed E-state index contributed by atoms with van der Waals surface area (Å²) in [5.74, 6) is 0. The van der Waals surface area contributed by atoms with Gasteiger partial charge in [-0.3, -0.25) is 10.3 Å². The van der Waals surface area contributed by atoms with Crippen molar-refractivity contribution in [2.75, 3.05) is 26.7 Å². The van der Waals surface area contributed by atoms with Crippen molar-refractivity contribution in [2.45, 2.75) is 32.2 Å². The number of pyridine rings is 1. The summed E-state index contributed by atoms with van der Waals surface area (Å²) in [6.07, 6.45) is 5.65. The molecule has 0 radical (unpaired) electrons. The van der Waals surface area contributed by atoms with Gasteiger partial charge in [0.1, 0.15) is 5.54 Å². The molecule has 0 spiro atoms. The van der Waals surface area contributed by atoms with Gasteiger partial charge in [0.25, 0.3) is 0 Å². The number of nitrogens with zero attached hydrogens (tertiary/aromatic N) is 3. The number of hydrogen-bond donors (Lipinski definition) is 1. The Hall–Kier alpha value is -1.44. The van der Waals surface area contributed by atoms with Gasteiger partial charge in [0.2, 0.25) is 0 Å². The van der Waals surface area contributed by atoms with Gasteiger partial charge in [0, 0.05) is 25.5 Å². The Morgan fingerprint density at radius 2 is 2.11 bits per heavy atom. The molecule has 0 aliphatic heterocycles. The zero-order valence-electron chi connectivity index (χ0n) is 12.2. The maximum absolute atomic E-state index is 9.30. The lowest BCUT2D eigenvalue weighted by Crippen LogP contribution is -2.50. The van der Waals surface area contributed by atoms with Crippen LogP contribution in [0.1, 0.15) is 25.8 Å². The molecule has 0 saturated carbocycles. The number of nitrogens with one attached hydrogen (secondary N) is 1. The van der Waals surface area contributed by atoms with E-state index in [1.807, 2.05) is 31.5 Å². The Bertz CT molecular complexity index is 398. The minimum absolute atomic E-state index is 0.469. The summed E-state index contributed by atoms with van der Waals surface area (Å²) in [5, 5.41) is 12.6. The first-order chi connectivity index (χ1) is 9.09. The van der Waals surface area contributed by atoms with Crippen LogP contribution in [0.25, 0.3) is 0 Å². The van der Waals surface area contributed by atoms with Gasteiger partial charge < -0.3 is 4.90 Å². The Morgan fingerprint density at radius 1 is 1.42 bits per heavy atom. The molecule has 0 aliphatic rings. The summed E-state index contributed by atoms with van der Waals surface area (Å²) in [5.41, 5.74) is 0.810. The second-order valence-corrected chi connectivity index (χ2v) is 5.21. The van der Waals surface area contributed by atoms with Crippen LogP contribution < -0.4 is 5.32 Å². The SMILES string of the molecule is CCCNC(C)(C#N)CN(C)CCc1ccncc1. The van der Waals surface area contributed by atoms with Crippen LogP contribution in [-0.2, 0) is 6.42 Å². The lowest BCUT2D eigenvalue weighted by atomic mass is 10.0. The lowest BCUT2D eigenvalue weighted by molar-refractivity contribution is 0.263. The van der Waals surface area contributed by atoms with E-state index in [0.29, 0.717) is 0 Å². The Kier molecular flexibility index (Phi) is 6.48. The first kappa shape index (κ1) is 15.6. The smallest absolute Gasteiger partial charge is 0.116 e. The van der Waals surface area contributed by atoms with Crippen LogP contribution in [0.4, 0.5) is 0 Å². The summed E-state index contributed by atoms with van der Waals surface area (Å²) in [4.78, 5) is 6.21. The molecule has 104 valence electrons. The molecule has 0 bridgehead atoms. The lowest BCUT2D eigenvalue weighted by Gasteiger charge is -2.28. The highest BCUT2D eigenvalue weighted by molar-refractivity contribution is 5.10. The molecule has 1 atom stereocenters. The van der Waals surface area contributed by atoms with Gasteiger partial charge >= 0.3 is 0 Å². The quantitative estimate of drug-likeness (QED) is 0.775. The maximum atomic E-state index is 9.30. The second-order valence-electron chi connectivity index (χ2n) is 5.21. The van der Waals surface area contributed by atoms with Gasteiger partial charge in [0.15, 0.2) is 0 Å². The van der Waals surface area contributed by atoms with Gasteiger partial charge in [0.05, 0.1) is 6.07 Å². The van der Waals surface area contributed by atoms with Crippen LogP contribution in [0.15, 0.2) is 24.5 Å². The second kappa shape index (κ2) is 7.88. The molecule has 19 heavy (non-hydrogen) atoms. The summed E-state index contributed by atoms with van der Waals surface area (Å²) in [6.45, 7) is 6.62. The molecule has 0 aliphatic carbocycles. The molecule has 0 aromatic carbocycles. The summed E-state index contributed by atoms with van der Waals surface area (Å²) in [7, 11) is 2.06. The maximum Gasteiger partial charge on any atom is 0.116 e. The fourth-order valence-corrected chi connectivity index (χ4v) is 2.02. The van der Waals surface area contributed by atoms with Crippen LogP contribution >= 0.6 is 0 Å². The minimum atomic E-state index is -0.469. The third kappa shape index (κ3) is 5.82. The average Bonchev–Trinajstić information content (AvgIpc) is 2.44. The van der Waals surface area contributed by atoms with Gasteiger partial charge in [-0.15, -0.1) is 0 Å². The number of aromatic nitrogens is 1. The zero-order valence-corrected chi connectivity index (χ0v) is 12.2. The number of hydrogen-bond acceptors (Lipinski definition) is 4. The van der Waals surface area contributed by atoms with Crippen LogP contribution in [0.5, 0.6) is 0 Å². The number of rotatable bonds is 8. The summed E-state index contributed by atoms with van der Waals surface area (Å²) >= 11 is 0. The molecule has 4 nitrogen and oxygen atoms in total. The van der Waals surface area contributed by atoms with Crippen molar-refractivity contribution in [3.63, 3.8) is 0 Å². The van der Waals surface area contributed by atoms with Crippen molar-refractivity contribution < 1.29 is 0 Å². The van der Waals surface area contributed by atoms with Crippen molar-refractivity contribution in [3.8, 4) is 6.07 Å². The van der Waals surface area contributed by atoms with Crippen molar-refractivity contribution in [2.24, 2.45) is 0 Å². The van der Waals surface area contributed by atoms with E-state index < -0.39 is 5.54 Å². The van der Waals surface area contributed by atoms with Gasteiger partial charge in [-0.25, -0.2) is 0 Å². The van der Waals surface area contributed by atoms with E-state index >= 15 is 0 Å². The molecular formula is C15H24N4. The van der Waals surface area contributed by atoms with Crippen LogP contribution in [-0.4, -0.2) is 42.1 Å². The third-order valence-electron chi connectivity index (χ3n) is 3.13. The first-order valence-corrected chi connectivity index (χ1v) is 6.83. The summed E-state index contributed by atoms with van der Waals surface area (Å²) in [6, 6.07) is 6.45. The Labute approximate surface area is 116 Å². The predicted molar refractivity (Wildman–Crippen MR) is 77.7 cm³/mol. The van der Waals surface area contributed by atoms with E-state index in [1.165, 1.54) is 5.56 Å². The highest BCUT2D eigenvalue weighted by Gasteiger charge is 2.24. The highest BCUT2D eigenvalue weighted by Crippen LogP contribution is 2.06. The molecule has 1 heterocycles. The van der Waals surface area contributed by atoms with Gasteiger partial charge in [-0.2, -0.15) is 5.26 Å². The standard InChI is InChI=1S/C15H24N4/c1-4-8-18-15(2,12-16)13-19(3)11-7-14-5-9-17-10-6-14/h5-6,9-10,18H,4,7-8,11,13H2,1-3H3. The molecule has 1 rings (SSSR count). The zero-order chi connectivity index (χ0) is 14.1. The molecule has 1 aromatic heterocycles. The van der Waals surface area contributed by atoms with Crippen LogP contribution in [0, 0.1) is 11.3 Å². The largest absolute Gasteiger partial charge is 0.303 e. The molecule has 1 aromatic rings. The number of nitriles is 1. The molecule has 4 heteroatoms. The van der Waals surface area contributed by atoms with E-state index in [2.05, 4.69) is 35.2 Å². The fraction of sp³-hybridized carbons (Fsp3) is 0.600. The van der Waals surface area contributed by atoms with E-state index in [1.54, 1.807) is 0 Å². The van der Waals surface area contributed by atoms with Crippen LogP contribution in [0.3, 0.4) is 0 Å². The summed E-state index contributed by atoms with van der Waals surface area (Å²) < 4.78 is 0. The van der Waals surface area contributed by atoms with Crippen molar-refractivity contribution in [1.29, 1.82) is 5.26 Å². The molecule has 0 amide bonds. The Morgan fingerprint density at radius 3 is 2.68 bits per heavy atom. The van der Waals surface area contributed by atoms with Crippen molar-refractivity contribution >= 4 is 0 Å². The fourth-order valence-electron chi connectivity index (χ4n) is 2.02. The van der Waals surface area contributed by atoms with E-state index in [-0.39, 0.29) is 0 Å². The van der Waals surface area contributed by atoms with Gasteiger partial charge in [-0.05, 0) is 51.1 Å². The third-order valence-corrected chi connectivity index (χ3v) is 3.13. The van der Waals surface area contributed by atoms with E-state index in [9.17, 15) is 5.26 Å². The average molecular weight is 260 g/mol. The molecule has 0 fully saturated rings. The van der Waals surface area contributed by atoms with E-state index in [4.69, 9.17) is 0 Å². The topological polar surface area (TPSA) is 52.0 Å². The molecule has 1 unspecified atom stereocenters. The van der Waals surface area contributed by atoms with Crippen molar-refractivity contribution in [3.05, 3.63) is 30.1 Å².